The SMILES string of the molecule is CC.CC(C(=O)NO)S(=O)ON1CCC(Sc2ccc(SC(F)(F)F)cc2)CC1. The summed E-state index contributed by atoms with van der Waals surface area (Å²) in [5, 5.41) is 9.33. The van der Waals surface area contributed by atoms with E-state index in [9.17, 15) is 22.2 Å². The fraction of sp³-hybridized carbons (Fsp3) is 0.588. The number of hydroxylamine groups is 3. The number of halogens is 3. The molecule has 1 aliphatic rings. The standard InChI is InChI=1S/C15H19F3N2O4S3.C2H6/c1-10(14(21)19-22)27(23)24-20-8-6-12(7-9-20)25-11-2-4-13(5-3-11)26-15(16,17)18;1-2/h2-5,10,12,22H,6-9H2,1H3,(H,19,21);1-2H3. The van der Waals surface area contributed by atoms with Gasteiger partial charge in [0, 0.05) is 28.1 Å². The van der Waals surface area contributed by atoms with Gasteiger partial charge in [0.05, 0.1) is 0 Å². The number of carbonyl (C=O) groups is 1. The number of piperidine rings is 1. The number of nitrogens with one attached hydrogen (secondary N) is 1. The molecule has 0 aliphatic carbocycles. The topological polar surface area (TPSA) is 78.9 Å². The zero-order valence-corrected chi connectivity index (χ0v) is 18.7. The summed E-state index contributed by atoms with van der Waals surface area (Å²) in [4.78, 5) is 12.3. The smallest absolute Gasteiger partial charge is 0.289 e. The van der Waals surface area contributed by atoms with Gasteiger partial charge in [-0.05, 0) is 55.8 Å². The Labute approximate surface area is 179 Å². The molecule has 2 N–H and O–H groups in total. The lowest BCUT2D eigenvalue weighted by Gasteiger charge is -2.30. The van der Waals surface area contributed by atoms with E-state index in [1.54, 1.807) is 23.9 Å². The molecule has 2 unspecified atom stereocenters. The number of benzene rings is 1. The normalized spacial score (nSPS) is 17.8. The van der Waals surface area contributed by atoms with Crippen LogP contribution in [0, 0.1) is 0 Å². The van der Waals surface area contributed by atoms with E-state index < -0.39 is 27.7 Å². The first kappa shape index (κ1) is 26.2. The van der Waals surface area contributed by atoms with Gasteiger partial charge < -0.3 is 0 Å². The first-order valence-electron chi connectivity index (χ1n) is 8.98. The first-order valence-corrected chi connectivity index (χ1v) is 11.8. The van der Waals surface area contributed by atoms with Crippen LogP contribution in [0.15, 0.2) is 34.1 Å². The van der Waals surface area contributed by atoms with Gasteiger partial charge in [0.1, 0.15) is 5.25 Å². The average Bonchev–Trinajstić information content (AvgIpc) is 2.70. The molecule has 29 heavy (non-hydrogen) atoms. The van der Waals surface area contributed by atoms with Crippen LogP contribution < -0.4 is 5.48 Å². The van der Waals surface area contributed by atoms with Crippen LogP contribution in [0.2, 0.25) is 0 Å². The number of hydrogen-bond acceptors (Lipinski definition) is 7. The second kappa shape index (κ2) is 12.8. The number of thioether (sulfide) groups is 2. The van der Waals surface area contributed by atoms with Crippen molar-refractivity contribution in [1.82, 2.24) is 10.5 Å². The summed E-state index contributed by atoms with van der Waals surface area (Å²) in [5.74, 6) is -0.786. The summed E-state index contributed by atoms with van der Waals surface area (Å²) in [6.07, 6.45) is 1.48. The Kier molecular flexibility index (Phi) is 11.6. The lowest BCUT2D eigenvalue weighted by atomic mass is 10.2. The molecule has 2 rings (SSSR count). The van der Waals surface area contributed by atoms with Crippen molar-refractivity contribution >= 4 is 40.5 Å². The van der Waals surface area contributed by atoms with Crippen LogP contribution in [-0.4, -0.2) is 49.5 Å². The van der Waals surface area contributed by atoms with Gasteiger partial charge in [-0.15, -0.1) is 11.8 Å². The molecule has 1 heterocycles. The van der Waals surface area contributed by atoms with Gasteiger partial charge in [-0.3, -0.25) is 10.0 Å². The second-order valence-electron chi connectivity index (χ2n) is 5.72. The van der Waals surface area contributed by atoms with Gasteiger partial charge in [-0.1, -0.05) is 13.8 Å². The second-order valence-corrected chi connectivity index (χ2v) is 9.61. The van der Waals surface area contributed by atoms with Crippen LogP contribution in [0.4, 0.5) is 13.2 Å². The predicted molar refractivity (Wildman–Crippen MR) is 109 cm³/mol. The molecule has 6 nitrogen and oxygen atoms in total. The quantitative estimate of drug-likeness (QED) is 0.345. The van der Waals surface area contributed by atoms with Crippen molar-refractivity contribution in [2.75, 3.05) is 13.1 Å². The summed E-state index contributed by atoms with van der Waals surface area (Å²) in [6.45, 7) is 6.41. The van der Waals surface area contributed by atoms with E-state index in [1.165, 1.54) is 29.6 Å². The van der Waals surface area contributed by atoms with Crippen molar-refractivity contribution in [3.8, 4) is 0 Å². The molecule has 0 radical (unpaired) electrons. The van der Waals surface area contributed by atoms with Crippen molar-refractivity contribution in [2.24, 2.45) is 0 Å². The monoisotopic (exact) mass is 474 g/mol. The molecule has 1 aromatic carbocycles. The van der Waals surface area contributed by atoms with E-state index in [1.807, 2.05) is 13.8 Å². The highest BCUT2D eigenvalue weighted by Crippen LogP contribution is 2.38. The molecule has 2 atom stereocenters. The van der Waals surface area contributed by atoms with Crippen LogP contribution >= 0.6 is 23.5 Å². The molecule has 1 amide bonds. The molecule has 1 fully saturated rings. The summed E-state index contributed by atoms with van der Waals surface area (Å²) in [6, 6.07) is 6.25. The van der Waals surface area contributed by atoms with Gasteiger partial charge in [0.25, 0.3) is 5.91 Å². The van der Waals surface area contributed by atoms with E-state index in [-0.39, 0.29) is 21.9 Å². The number of rotatable bonds is 7. The molecular weight excluding hydrogens is 449 g/mol. The van der Waals surface area contributed by atoms with Crippen molar-refractivity contribution in [3.05, 3.63) is 24.3 Å². The molecule has 0 saturated carbocycles. The lowest BCUT2D eigenvalue weighted by molar-refractivity contribution is -0.128. The van der Waals surface area contributed by atoms with Crippen molar-refractivity contribution in [2.45, 2.75) is 59.4 Å². The van der Waals surface area contributed by atoms with Crippen LogP contribution in [0.5, 0.6) is 0 Å². The third-order valence-electron chi connectivity index (χ3n) is 3.71. The Morgan fingerprint density at radius 1 is 1.24 bits per heavy atom. The fourth-order valence-corrected chi connectivity index (χ4v) is 4.66. The van der Waals surface area contributed by atoms with Crippen molar-refractivity contribution < 1.29 is 31.7 Å². The Bertz CT molecular complexity index is 654. The molecule has 166 valence electrons. The largest absolute Gasteiger partial charge is 0.446 e. The van der Waals surface area contributed by atoms with Crippen molar-refractivity contribution in [3.63, 3.8) is 0 Å². The summed E-state index contributed by atoms with van der Waals surface area (Å²) in [7, 11) is 0. The molecule has 0 spiro atoms. The maximum absolute atomic E-state index is 12.3. The molecule has 1 aromatic rings. The van der Waals surface area contributed by atoms with E-state index in [0.29, 0.717) is 13.1 Å². The highest BCUT2D eigenvalue weighted by Gasteiger charge is 2.29. The summed E-state index contributed by atoms with van der Waals surface area (Å²) < 4.78 is 54.2. The van der Waals surface area contributed by atoms with Gasteiger partial charge in [-0.2, -0.15) is 22.5 Å². The number of hydrogen-bond donors (Lipinski definition) is 2. The van der Waals surface area contributed by atoms with Gasteiger partial charge >= 0.3 is 5.51 Å². The highest BCUT2D eigenvalue weighted by molar-refractivity contribution is 8.00. The van der Waals surface area contributed by atoms with E-state index in [4.69, 9.17) is 9.49 Å². The maximum Gasteiger partial charge on any atom is 0.446 e. The zero-order valence-electron chi connectivity index (χ0n) is 16.3. The Morgan fingerprint density at radius 3 is 2.24 bits per heavy atom. The minimum Gasteiger partial charge on any atom is -0.289 e. The van der Waals surface area contributed by atoms with E-state index >= 15 is 0 Å². The predicted octanol–water partition coefficient (Wildman–Crippen LogP) is 4.37. The van der Waals surface area contributed by atoms with Gasteiger partial charge in [-0.25, -0.2) is 9.69 Å². The summed E-state index contributed by atoms with van der Waals surface area (Å²) in [5.41, 5.74) is -2.86. The summed E-state index contributed by atoms with van der Waals surface area (Å²) >= 11 is -0.457. The fourth-order valence-electron chi connectivity index (χ4n) is 2.28. The maximum atomic E-state index is 12.3. The Morgan fingerprint density at radius 2 is 1.76 bits per heavy atom. The first-order chi connectivity index (χ1) is 13.7. The molecule has 12 heteroatoms. The molecule has 1 saturated heterocycles. The van der Waals surface area contributed by atoms with Crippen LogP contribution in [0.1, 0.15) is 33.6 Å². The van der Waals surface area contributed by atoms with E-state index in [0.717, 1.165) is 17.7 Å². The number of carbonyl (C=O) groups excluding carboxylic acids is 1. The Hall–Kier alpha value is -0.790. The third kappa shape index (κ3) is 9.71. The number of amides is 1. The number of alkyl halides is 3. The third-order valence-corrected chi connectivity index (χ3v) is 6.95. The highest BCUT2D eigenvalue weighted by atomic mass is 32.2. The minimum absolute atomic E-state index is 0.138. The van der Waals surface area contributed by atoms with Crippen LogP contribution in [0.3, 0.4) is 0 Å². The Balaban J connectivity index is 0.00000204. The molecule has 0 bridgehead atoms. The van der Waals surface area contributed by atoms with Crippen LogP contribution in [0.25, 0.3) is 0 Å². The van der Waals surface area contributed by atoms with Crippen LogP contribution in [-0.2, 0) is 20.2 Å². The number of nitrogens with zero attached hydrogens (tertiary/aromatic N) is 1. The minimum atomic E-state index is -4.29. The molecule has 1 aliphatic heterocycles. The zero-order chi connectivity index (χ0) is 22.0. The molecule has 0 aromatic heterocycles. The lowest BCUT2D eigenvalue weighted by Crippen LogP contribution is -2.40. The van der Waals surface area contributed by atoms with Crippen molar-refractivity contribution in [1.29, 1.82) is 0 Å². The van der Waals surface area contributed by atoms with Gasteiger partial charge in [0.2, 0.25) is 0 Å². The average molecular weight is 475 g/mol. The molecular formula is C17H25F3N2O4S3. The van der Waals surface area contributed by atoms with Gasteiger partial charge in [0.15, 0.2) is 11.1 Å². The van der Waals surface area contributed by atoms with E-state index in [2.05, 4.69) is 0 Å².